The van der Waals surface area contributed by atoms with Crippen molar-refractivity contribution < 1.29 is 27.8 Å². The van der Waals surface area contributed by atoms with Gasteiger partial charge in [0.1, 0.15) is 0 Å². The maximum atomic E-state index is 12.5. The first-order valence-corrected chi connectivity index (χ1v) is 5.26. The van der Waals surface area contributed by atoms with Gasteiger partial charge in [0.05, 0.1) is 6.61 Å². The Kier molecular flexibility index (Phi) is 6.48. The van der Waals surface area contributed by atoms with E-state index in [9.17, 15) is 18.0 Å². The molecule has 0 aromatic carbocycles. The quantitative estimate of drug-likeness (QED) is 0.752. The van der Waals surface area contributed by atoms with E-state index in [0.29, 0.717) is 6.54 Å². The zero-order valence-corrected chi connectivity index (χ0v) is 10.1. The number of halogens is 3. The minimum absolute atomic E-state index is 0.255. The summed E-state index contributed by atoms with van der Waals surface area (Å²) in [6.07, 6.45) is -4.73. The summed E-state index contributed by atoms with van der Waals surface area (Å²) >= 11 is 0. The van der Waals surface area contributed by atoms with Gasteiger partial charge < -0.3 is 9.84 Å². The van der Waals surface area contributed by atoms with Crippen molar-refractivity contribution in [1.29, 1.82) is 0 Å². The summed E-state index contributed by atoms with van der Waals surface area (Å²) in [5, 5.41) is 8.59. The van der Waals surface area contributed by atoms with Crippen molar-refractivity contribution in [3.05, 3.63) is 0 Å². The monoisotopic (exact) mass is 257 g/mol. The smallest absolute Gasteiger partial charge is 0.403 e. The first-order chi connectivity index (χ1) is 7.73. The largest absolute Gasteiger partial charge is 0.481 e. The molecule has 4 nitrogen and oxygen atoms in total. The standard InChI is InChI=1S/C10H18F3NO3/c1-4-14(7(2)6-17-3)5-8(9(15)16)10(11,12)13/h7-8H,4-6H2,1-3H3,(H,15,16). The predicted molar refractivity (Wildman–Crippen MR) is 55.8 cm³/mol. The first kappa shape index (κ1) is 16.2. The average molecular weight is 257 g/mol. The van der Waals surface area contributed by atoms with Gasteiger partial charge in [-0.1, -0.05) is 6.92 Å². The van der Waals surface area contributed by atoms with E-state index in [-0.39, 0.29) is 12.6 Å². The molecule has 0 radical (unpaired) electrons. The van der Waals surface area contributed by atoms with Crippen molar-refractivity contribution in [2.75, 3.05) is 26.8 Å². The molecule has 7 heteroatoms. The molecule has 0 aliphatic heterocycles. The fourth-order valence-electron chi connectivity index (χ4n) is 1.52. The van der Waals surface area contributed by atoms with E-state index >= 15 is 0 Å². The number of carbonyl (C=O) groups is 1. The van der Waals surface area contributed by atoms with Crippen molar-refractivity contribution >= 4 is 5.97 Å². The van der Waals surface area contributed by atoms with E-state index in [1.807, 2.05) is 0 Å². The Morgan fingerprint density at radius 1 is 1.47 bits per heavy atom. The van der Waals surface area contributed by atoms with Gasteiger partial charge in [0, 0.05) is 19.7 Å². The Hall–Kier alpha value is -0.820. The lowest BCUT2D eigenvalue weighted by atomic mass is 10.1. The van der Waals surface area contributed by atoms with Crippen molar-refractivity contribution in [3.8, 4) is 0 Å². The van der Waals surface area contributed by atoms with Crippen LogP contribution in [0.2, 0.25) is 0 Å². The number of carboxylic acid groups (broad SMARTS) is 1. The van der Waals surface area contributed by atoms with Crippen LogP contribution in [0.1, 0.15) is 13.8 Å². The second-order valence-electron chi connectivity index (χ2n) is 3.82. The third-order valence-corrected chi connectivity index (χ3v) is 2.55. The topological polar surface area (TPSA) is 49.8 Å². The van der Waals surface area contributed by atoms with Crippen molar-refractivity contribution in [3.63, 3.8) is 0 Å². The Morgan fingerprint density at radius 2 is 2.00 bits per heavy atom. The number of ether oxygens (including phenoxy) is 1. The summed E-state index contributed by atoms with van der Waals surface area (Å²) < 4.78 is 42.3. The van der Waals surface area contributed by atoms with Gasteiger partial charge in [-0.2, -0.15) is 13.2 Å². The lowest BCUT2D eigenvalue weighted by molar-refractivity contribution is -0.197. The van der Waals surface area contributed by atoms with E-state index < -0.39 is 24.6 Å². The first-order valence-electron chi connectivity index (χ1n) is 5.26. The number of hydrogen-bond acceptors (Lipinski definition) is 3. The zero-order chi connectivity index (χ0) is 13.6. The SMILES string of the molecule is CCN(CC(C(=O)O)C(F)(F)F)C(C)COC. The Labute approximate surface area is 98.3 Å². The Bertz CT molecular complexity index is 245. The molecular weight excluding hydrogens is 239 g/mol. The van der Waals surface area contributed by atoms with E-state index in [1.165, 1.54) is 12.0 Å². The number of methoxy groups -OCH3 is 1. The molecule has 2 unspecified atom stereocenters. The molecule has 1 N–H and O–H groups in total. The summed E-state index contributed by atoms with van der Waals surface area (Å²) in [6, 6.07) is -0.255. The molecule has 0 saturated carbocycles. The van der Waals surface area contributed by atoms with Crippen LogP contribution in [0.25, 0.3) is 0 Å². The van der Waals surface area contributed by atoms with Gasteiger partial charge >= 0.3 is 12.1 Å². The number of rotatable bonds is 7. The van der Waals surface area contributed by atoms with Crippen LogP contribution in [0.3, 0.4) is 0 Å². The van der Waals surface area contributed by atoms with Crippen LogP contribution in [0, 0.1) is 5.92 Å². The number of nitrogens with zero attached hydrogens (tertiary/aromatic N) is 1. The van der Waals surface area contributed by atoms with E-state index in [2.05, 4.69) is 0 Å². The normalized spacial score (nSPS) is 15.9. The second-order valence-corrected chi connectivity index (χ2v) is 3.82. The maximum absolute atomic E-state index is 12.5. The number of hydrogen-bond donors (Lipinski definition) is 1. The summed E-state index contributed by atoms with van der Waals surface area (Å²) in [7, 11) is 1.45. The van der Waals surface area contributed by atoms with E-state index in [0.717, 1.165) is 0 Å². The van der Waals surface area contributed by atoms with Crippen LogP contribution in [-0.2, 0) is 9.53 Å². The second kappa shape index (κ2) is 6.80. The zero-order valence-electron chi connectivity index (χ0n) is 10.1. The highest BCUT2D eigenvalue weighted by atomic mass is 19.4. The molecule has 0 aromatic rings. The molecule has 0 fully saturated rings. The fourth-order valence-corrected chi connectivity index (χ4v) is 1.52. The highest BCUT2D eigenvalue weighted by Crippen LogP contribution is 2.27. The van der Waals surface area contributed by atoms with Gasteiger partial charge in [-0.15, -0.1) is 0 Å². The Balaban J connectivity index is 4.66. The van der Waals surface area contributed by atoms with Gasteiger partial charge in [-0.05, 0) is 13.5 Å². The van der Waals surface area contributed by atoms with Crippen molar-refractivity contribution in [2.45, 2.75) is 26.1 Å². The van der Waals surface area contributed by atoms with Gasteiger partial charge in [-0.3, -0.25) is 9.69 Å². The molecule has 0 saturated heterocycles. The van der Waals surface area contributed by atoms with Crippen LogP contribution in [-0.4, -0.2) is 55.0 Å². The third kappa shape index (κ3) is 5.36. The van der Waals surface area contributed by atoms with E-state index in [4.69, 9.17) is 9.84 Å². The molecule has 0 bridgehead atoms. The van der Waals surface area contributed by atoms with Gasteiger partial charge in [0.2, 0.25) is 0 Å². The lowest BCUT2D eigenvalue weighted by Gasteiger charge is -2.30. The molecule has 17 heavy (non-hydrogen) atoms. The molecular formula is C10H18F3NO3. The van der Waals surface area contributed by atoms with Gasteiger partial charge in [0.25, 0.3) is 0 Å². The lowest BCUT2D eigenvalue weighted by Crippen LogP contribution is -2.45. The molecule has 0 aliphatic carbocycles. The third-order valence-electron chi connectivity index (χ3n) is 2.55. The van der Waals surface area contributed by atoms with Crippen LogP contribution in [0.5, 0.6) is 0 Å². The average Bonchev–Trinajstić information content (AvgIpc) is 2.16. The maximum Gasteiger partial charge on any atom is 0.403 e. The van der Waals surface area contributed by atoms with Crippen LogP contribution in [0.4, 0.5) is 13.2 Å². The van der Waals surface area contributed by atoms with Crippen LogP contribution < -0.4 is 0 Å². The molecule has 0 spiro atoms. The molecule has 0 aliphatic rings. The highest BCUT2D eigenvalue weighted by molar-refractivity contribution is 5.71. The molecule has 2 atom stereocenters. The predicted octanol–water partition coefficient (Wildman–Crippen LogP) is 1.61. The van der Waals surface area contributed by atoms with Crippen molar-refractivity contribution in [1.82, 2.24) is 4.90 Å². The molecule has 0 amide bonds. The highest BCUT2D eigenvalue weighted by Gasteiger charge is 2.46. The number of alkyl halides is 3. The summed E-state index contributed by atoms with van der Waals surface area (Å²) in [5.41, 5.74) is 0. The van der Waals surface area contributed by atoms with Gasteiger partial charge in [0.15, 0.2) is 5.92 Å². The summed E-state index contributed by atoms with van der Waals surface area (Å²) in [5.74, 6) is -4.21. The number of carboxylic acids is 1. The molecule has 102 valence electrons. The molecule has 0 aromatic heterocycles. The minimum atomic E-state index is -4.73. The van der Waals surface area contributed by atoms with Gasteiger partial charge in [-0.25, -0.2) is 0 Å². The Morgan fingerprint density at radius 3 is 2.29 bits per heavy atom. The summed E-state index contributed by atoms with van der Waals surface area (Å²) in [6.45, 7) is 3.42. The molecule has 0 heterocycles. The minimum Gasteiger partial charge on any atom is -0.481 e. The fraction of sp³-hybridized carbons (Fsp3) is 0.900. The summed E-state index contributed by atoms with van der Waals surface area (Å²) in [4.78, 5) is 12.0. The number of likely N-dealkylation sites (N-methyl/N-ethyl adjacent to an activating group) is 1. The van der Waals surface area contributed by atoms with Crippen LogP contribution >= 0.6 is 0 Å². The molecule has 0 rings (SSSR count). The van der Waals surface area contributed by atoms with Crippen molar-refractivity contribution in [2.24, 2.45) is 5.92 Å². The number of aliphatic carboxylic acids is 1. The van der Waals surface area contributed by atoms with Crippen LogP contribution in [0.15, 0.2) is 0 Å². The van der Waals surface area contributed by atoms with E-state index in [1.54, 1.807) is 13.8 Å².